The van der Waals surface area contributed by atoms with E-state index in [2.05, 4.69) is 32.9 Å². The van der Waals surface area contributed by atoms with E-state index in [-0.39, 0.29) is 5.91 Å². The molecular formula is C19H26ClN5OS. The van der Waals surface area contributed by atoms with Crippen molar-refractivity contribution in [2.24, 2.45) is 4.99 Å². The van der Waals surface area contributed by atoms with Crippen molar-refractivity contribution < 1.29 is 4.79 Å². The maximum Gasteiger partial charge on any atom is 0.224 e. The van der Waals surface area contributed by atoms with Gasteiger partial charge in [-0.2, -0.15) is 0 Å². The lowest BCUT2D eigenvalue weighted by atomic mass is 10.2. The smallest absolute Gasteiger partial charge is 0.224 e. The maximum absolute atomic E-state index is 11.9. The van der Waals surface area contributed by atoms with Gasteiger partial charge in [-0.05, 0) is 37.1 Å². The monoisotopic (exact) mass is 407 g/mol. The van der Waals surface area contributed by atoms with Crippen molar-refractivity contribution in [1.82, 2.24) is 15.6 Å². The van der Waals surface area contributed by atoms with Gasteiger partial charge in [-0.15, -0.1) is 11.3 Å². The Bertz CT molecular complexity index is 745. The SMILES string of the molecule is CCc1cnc(CCNC(=NC)NCCCC(=O)Nc2ccc(Cl)cc2)s1. The number of hydrogen-bond donors (Lipinski definition) is 3. The van der Waals surface area contributed by atoms with Crippen LogP contribution in [0, 0.1) is 0 Å². The summed E-state index contributed by atoms with van der Waals surface area (Å²) in [5.41, 5.74) is 0.753. The molecule has 0 saturated carbocycles. The predicted octanol–water partition coefficient (Wildman–Crippen LogP) is 3.49. The van der Waals surface area contributed by atoms with Crippen molar-refractivity contribution in [3.05, 3.63) is 45.4 Å². The number of amides is 1. The lowest BCUT2D eigenvalue weighted by molar-refractivity contribution is -0.116. The van der Waals surface area contributed by atoms with Gasteiger partial charge in [0.25, 0.3) is 0 Å². The van der Waals surface area contributed by atoms with Crippen LogP contribution in [0.1, 0.15) is 29.7 Å². The standard InChI is InChI=1S/C19H26ClN5OS/c1-3-16-13-24-18(27-16)10-12-23-19(21-2)22-11-4-5-17(26)25-15-8-6-14(20)7-9-15/h6-9,13H,3-5,10-12H2,1-2H3,(H,25,26)(H2,21,22,23). The minimum absolute atomic E-state index is 0.0161. The first-order valence-electron chi connectivity index (χ1n) is 9.04. The van der Waals surface area contributed by atoms with Crippen molar-refractivity contribution in [2.75, 3.05) is 25.5 Å². The fourth-order valence-corrected chi connectivity index (χ4v) is 3.34. The average Bonchev–Trinajstić information content (AvgIpc) is 3.13. The molecule has 1 amide bonds. The summed E-state index contributed by atoms with van der Waals surface area (Å²) < 4.78 is 0. The van der Waals surface area contributed by atoms with E-state index in [9.17, 15) is 4.79 Å². The summed E-state index contributed by atoms with van der Waals surface area (Å²) in [7, 11) is 1.74. The Hall–Kier alpha value is -2.12. The van der Waals surface area contributed by atoms with Crippen LogP contribution in [0.25, 0.3) is 0 Å². The van der Waals surface area contributed by atoms with E-state index in [1.165, 1.54) is 4.88 Å². The highest BCUT2D eigenvalue weighted by Gasteiger charge is 2.04. The van der Waals surface area contributed by atoms with Gasteiger partial charge in [0.15, 0.2) is 5.96 Å². The Kier molecular flexibility index (Phi) is 9.07. The molecule has 1 aromatic heterocycles. The third-order valence-corrected chi connectivity index (χ3v) is 5.26. The van der Waals surface area contributed by atoms with Crippen LogP contribution in [0.15, 0.2) is 35.5 Å². The Balaban J connectivity index is 1.59. The fraction of sp³-hybridized carbons (Fsp3) is 0.421. The summed E-state index contributed by atoms with van der Waals surface area (Å²) >= 11 is 7.59. The largest absolute Gasteiger partial charge is 0.356 e. The molecule has 0 aliphatic rings. The molecule has 0 fully saturated rings. The molecule has 8 heteroatoms. The van der Waals surface area contributed by atoms with E-state index in [0.717, 1.165) is 36.0 Å². The van der Waals surface area contributed by atoms with Crippen LogP contribution in [-0.4, -0.2) is 37.0 Å². The van der Waals surface area contributed by atoms with Crippen LogP contribution in [-0.2, 0) is 17.6 Å². The summed E-state index contributed by atoms with van der Waals surface area (Å²) in [5.74, 6) is 0.720. The molecule has 0 aliphatic heterocycles. The van der Waals surface area contributed by atoms with Gasteiger partial charge in [-0.1, -0.05) is 18.5 Å². The molecule has 2 rings (SSSR count). The molecule has 0 saturated heterocycles. The highest BCUT2D eigenvalue weighted by atomic mass is 35.5. The summed E-state index contributed by atoms with van der Waals surface area (Å²) in [4.78, 5) is 21.9. The third kappa shape index (κ3) is 7.97. The molecule has 0 unspecified atom stereocenters. The molecule has 1 aromatic carbocycles. The molecule has 0 radical (unpaired) electrons. The first-order valence-corrected chi connectivity index (χ1v) is 10.2. The molecule has 0 aliphatic carbocycles. The van der Waals surface area contributed by atoms with Crippen LogP contribution < -0.4 is 16.0 Å². The van der Waals surface area contributed by atoms with Crippen LogP contribution in [0.4, 0.5) is 5.69 Å². The van der Waals surface area contributed by atoms with Gasteiger partial charge >= 0.3 is 0 Å². The van der Waals surface area contributed by atoms with Crippen molar-refractivity contribution in [3.8, 4) is 0 Å². The van der Waals surface area contributed by atoms with Gasteiger partial charge in [-0.3, -0.25) is 9.79 Å². The number of carbonyl (C=O) groups excluding carboxylic acids is 1. The highest BCUT2D eigenvalue weighted by Crippen LogP contribution is 2.14. The van der Waals surface area contributed by atoms with Gasteiger partial charge in [0.2, 0.25) is 5.91 Å². The van der Waals surface area contributed by atoms with Crippen molar-refractivity contribution in [3.63, 3.8) is 0 Å². The van der Waals surface area contributed by atoms with E-state index < -0.39 is 0 Å². The van der Waals surface area contributed by atoms with E-state index >= 15 is 0 Å². The molecule has 6 nitrogen and oxygen atoms in total. The minimum atomic E-state index is -0.0161. The molecule has 0 atom stereocenters. The number of halogens is 1. The number of anilines is 1. The second-order valence-corrected chi connectivity index (χ2v) is 7.54. The van der Waals surface area contributed by atoms with Crippen LogP contribution in [0.3, 0.4) is 0 Å². The number of aromatic nitrogens is 1. The second kappa shape index (κ2) is 11.6. The van der Waals surface area contributed by atoms with Crippen LogP contribution in [0.2, 0.25) is 5.02 Å². The zero-order valence-corrected chi connectivity index (χ0v) is 17.3. The number of nitrogens with one attached hydrogen (secondary N) is 3. The lowest BCUT2D eigenvalue weighted by Gasteiger charge is -2.11. The summed E-state index contributed by atoms with van der Waals surface area (Å²) in [5, 5.41) is 11.1. The minimum Gasteiger partial charge on any atom is -0.356 e. The quantitative estimate of drug-likeness (QED) is 0.338. The normalized spacial score (nSPS) is 11.3. The molecule has 2 aromatic rings. The van der Waals surface area contributed by atoms with Gasteiger partial charge in [0.05, 0.1) is 5.01 Å². The summed E-state index contributed by atoms with van der Waals surface area (Å²) in [6.45, 7) is 3.58. The number of nitrogens with zero attached hydrogens (tertiary/aromatic N) is 2. The van der Waals surface area contributed by atoms with E-state index in [1.807, 2.05) is 6.20 Å². The number of rotatable bonds is 9. The first kappa shape index (κ1) is 21.2. The second-order valence-electron chi connectivity index (χ2n) is 5.91. The Labute approximate surface area is 169 Å². The molecule has 1 heterocycles. The third-order valence-electron chi connectivity index (χ3n) is 3.81. The zero-order valence-electron chi connectivity index (χ0n) is 15.7. The van der Waals surface area contributed by atoms with Gasteiger partial charge in [0, 0.05) is 54.8 Å². The van der Waals surface area contributed by atoms with E-state index in [4.69, 9.17) is 11.6 Å². The zero-order chi connectivity index (χ0) is 19.5. The topological polar surface area (TPSA) is 78.4 Å². The number of carbonyl (C=O) groups is 1. The Morgan fingerprint density at radius 1 is 1.22 bits per heavy atom. The maximum atomic E-state index is 11.9. The van der Waals surface area contributed by atoms with Crippen LogP contribution in [0.5, 0.6) is 0 Å². The van der Waals surface area contributed by atoms with Crippen molar-refractivity contribution >= 4 is 40.5 Å². The molecular weight excluding hydrogens is 382 g/mol. The molecule has 27 heavy (non-hydrogen) atoms. The molecule has 0 spiro atoms. The number of guanidine groups is 1. The Morgan fingerprint density at radius 3 is 2.63 bits per heavy atom. The van der Waals surface area contributed by atoms with Gasteiger partial charge in [0.1, 0.15) is 0 Å². The number of aliphatic imine (C=N–C) groups is 1. The molecule has 0 bridgehead atoms. The number of hydrogen-bond acceptors (Lipinski definition) is 4. The predicted molar refractivity (Wildman–Crippen MR) is 114 cm³/mol. The molecule has 146 valence electrons. The number of benzene rings is 1. The van der Waals surface area contributed by atoms with Crippen LogP contribution >= 0.6 is 22.9 Å². The van der Waals surface area contributed by atoms with Gasteiger partial charge in [-0.25, -0.2) is 4.98 Å². The van der Waals surface area contributed by atoms with Crippen molar-refractivity contribution in [1.29, 1.82) is 0 Å². The lowest BCUT2D eigenvalue weighted by Crippen LogP contribution is -2.38. The van der Waals surface area contributed by atoms with E-state index in [1.54, 1.807) is 42.6 Å². The van der Waals surface area contributed by atoms with Gasteiger partial charge < -0.3 is 16.0 Å². The Morgan fingerprint density at radius 2 is 1.96 bits per heavy atom. The van der Waals surface area contributed by atoms with Crippen molar-refractivity contribution in [2.45, 2.75) is 32.6 Å². The summed E-state index contributed by atoms with van der Waals surface area (Å²) in [6.07, 6.45) is 4.99. The number of aryl methyl sites for hydroxylation is 1. The number of thiazole rings is 1. The van der Waals surface area contributed by atoms with E-state index in [0.29, 0.717) is 24.4 Å². The summed E-state index contributed by atoms with van der Waals surface area (Å²) in [6, 6.07) is 7.08. The fourth-order valence-electron chi connectivity index (χ4n) is 2.35. The first-order chi connectivity index (χ1) is 13.1. The highest BCUT2D eigenvalue weighted by molar-refractivity contribution is 7.11. The average molecular weight is 408 g/mol. The molecule has 3 N–H and O–H groups in total.